The Kier molecular flexibility index (Phi) is 8.57. The molecule has 2 fully saturated rings. The highest BCUT2D eigenvalue weighted by atomic mass is 32.2. The monoisotopic (exact) mass is 496 g/mol. The van der Waals surface area contributed by atoms with Gasteiger partial charge in [-0.15, -0.1) is 0 Å². The van der Waals surface area contributed by atoms with E-state index in [0.717, 1.165) is 57.3 Å². The summed E-state index contributed by atoms with van der Waals surface area (Å²) in [6.45, 7) is 4.90. The van der Waals surface area contributed by atoms with Crippen molar-refractivity contribution in [3.05, 3.63) is 53.6 Å². The number of anilines is 1. The fourth-order valence-corrected chi connectivity index (χ4v) is 6.30. The van der Waals surface area contributed by atoms with E-state index in [0.29, 0.717) is 29.4 Å². The van der Waals surface area contributed by atoms with Crippen LogP contribution in [-0.2, 0) is 10.0 Å². The molecule has 0 radical (unpaired) electrons. The second-order valence-electron chi connectivity index (χ2n) is 9.35. The smallest absolute Gasteiger partial charge is 0.264 e. The second-order valence-corrected chi connectivity index (χ2v) is 11.0. The van der Waals surface area contributed by atoms with Gasteiger partial charge in [0.25, 0.3) is 15.9 Å². The van der Waals surface area contributed by atoms with Crippen LogP contribution in [0.2, 0.25) is 0 Å². The fourth-order valence-electron chi connectivity index (χ4n) is 5.07. The van der Waals surface area contributed by atoms with Crippen LogP contribution in [0.5, 0.6) is 0 Å². The number of hydrogen-bond acceptors (Lipinski definition) is 5. The quantitative estimate of drug-likeness (QED) is 0.431. The number of hydrogen-bond donors (Lipinski definition) is 2. The molecule has 0 atom stereocenters. The Morgan fingerprint density at radius 2 is 1.74 bits per heavy atom. The average Bonchev–Trinajstić information content (AvgIpc) is 3.30. The molecule has 4 rings (SSSR count). The van der Waals surface area contributed by atoms with E-state index in [1.807, 2.05) is 24.0 Å². The predicted molar refractivity (Wildman–Crippen MR) is 141 cm³/mol. The molecule has 0 spiro atoms. The lowest BCUT2D eigenvalue weighted by Gasteiger charge is -2.20. The minimum Gasteiger partial charge on any atom is -0.337 e. The van der Waals surface area contributed by atoms with Gasteiger partial charge in [-0.2, -0.15) is 0 Å². The summed E-state index contributed by atoms with van der Waals surface area (Å²) in [7, 11) is -3.86. The standard InChI is InChI=1S/C27H36N4O3S/c1-2-29-26-24(21-9-5-3-4-6-10-21)11-7-12-25(26)35(33,34)30-23-15-13-22(14-16-23)27(32)31-19-8-17-28-18-20-31/h2,7,11-16,21,28,30H,3-6,8-10,17-20H2,1H3/b29-2-. The van der Waals surface area contributed by atoms with Crippen molar-refractivity contribution in [1.29, 1.82) is 0 Å². The van der Waals surface area contributed by atoms with E-state index in [1.165, 1.54) is 12.8 Å². The SMILES string of the molecule is C/C=N\c1c(C2CCCCCC2)cccc1S(=O)(=O)Nc1ccc(C(=O)N2CCCNCC2)cc1. The molecule has 2 aromatic carbocycles. The van der Waals surface area contributed by atoms with Crippen LogP contribution >= 0.6 is 0 Å². The average molecular weight is 497 g/mol. The molecule has 1 saturated heterocycles. The number of nitrogens with one attached hydrogen (secondary N) is 2. The maximum absolute atomic E-state index is 13.4. The molecule has 8 heteroatoms. The Labute approximate surface area is 209 Å². The van der Waals surface area contributed by atoms with E-state index >= 15 is 0 Å². The summed E-state index contributed by atoms with van der Waals surface area (Å²) in [6.07, 6.45) is 9.49. The van der Waals surface area contributed by atoms with Crippen molar-refractivity contribution in [3.63, 3.8) is 0 Å². The van der Waals surface area contributed by atoms with E-state index in [1.54, 1.807) is 36.5 Å². The van der Waals surface area contributed by atoms with Crippen LogP contribution in [0, 0.1) is 0 Å². The van der Waals surface area contributed by atoms with Gasteiger partial charge in [-0.05, 0) is 74.5 Å². The molecule has 0 unspecified atom stereocenters. The van der Waals surface area contributed by atoms with E-state index < -0.39 is 10.0 Å². The number of rotatable bonds is 6. The van der Waals surface area contributed by atoms with Gasteiger partial charge in [0.05, 0.1) is 5.69 Å². The third kappa shape index (κ3) is 6.30. The van der Waals surface area contributed by atoms with Crippen molar-refractivity contribution in [2.45, 2.75) is 62.7 Å². The number of nitrogens with zero attached hydrogens (tertiary/aromatic N) is 2. The molecule has 188 valence electrons. The third-order valence-corrected chi connectivity index (χ3v) is 8.30. The van der Waals surface area contributed by atoms with Crippen LogP contribution in [0.3, 0.4) is 0 Å². The molecular weight excluding hydrogens is 460 g/mol. The van der Waals surface area contributed by atoms with Gasteiger partial charge in [-0.3, -0.25) is 14.5 Å². The van der Waals surface area contributed by atoms with Crippen LogP contribution < -0.4 is 10.0 Å². The highest BCUT2D eigenvalue weighted by Gasteiger charge is 2.25. The van der Waals surface area contributed by atoms with E-state index in [4.69, 9.17) is 0 Å². The van der Waals surface area contributed by atoms with Crippen LogP contribution in [0.25, 0.3) is 0 Å². The van der Waals surface area contributed by atoms with Crippen molar-refractivity contribution in [1.82, 2.24) is 10.2 Å². The summed E-state index contributed by atoms with van der Waals surface area (Å²) >= 11 is 0. The summed E-state index contributed by atoms with van der Waals surface area (Å²) in [5.41, 5.74) is 2.53. The van der Waals surface area contributed by atoms with Crippen molar-refractivity contribution >= 4 is 33.5 Å². The Hall–Kier alpha value is -2.71. The van der Waals surface area contributed by atoms with Gasteiger partial charge in [0.1, 0.15) is 4.90 Å². The molecule has 2 aliphatic rings. The van der Waals surface area contributed by atoms with E-state index in [-0.39, 0.29) is 10.8 Å². The maximum atomic E-state index is 13.4. The molecule has 35 heavy (non-hydrogen) atoms. The van der Waals surface area contributed by atoms with E-state index in [9.17, 15) is 13.2 Å². The number of carbonyl (C=O) groups is 1. The number of carbonyl (C=O) groups excluding carboxylic acids is 1. The predicted octanol–water partition coefficient (Wildman–Crippen LogP) is 5.08. The highest BCUT2D eigenvalue weighted by Crippen LogP contribution is 2.40. The van der Waals surface area contributed by atoms with Gasteiger partial charge >= 0.3 is 0 Å². The largest absolute Gasteiger partial charge is 0.337 e. The summed E-state index contributed by atoms with van der Waals surface area (Å²) in [5.74, 6) is 0.296. The number of aliphatic imine (C=N–C) groups is 1. The van der Waals surface area contributed by atoms with Crippen molar-refractivity contribution < 1.29 is 13.2 Å². The zero-order chi connectivity index (χ0) is 24.7. The molecule has 1 aliphatic heterocycles. The van der Waals surface area contributed by atoms with Gasteiger partial charge in [0, 0.05) is 37.1 Å². The molecule has 0 aromatic heterocycles. The number of amides is 1. The third-order valence-electron chi connectivity index (χ3n) is 6.88. The van der Waals surface area contributed by atoms with Gasteiger partial charge in [-0.1, -0.05) is 37.8 Å². The van der Waals surface area contributed by atoms with Crippen LogP contribution in [-0.4, -0.2) is 51.6 Å². The molecule has 1 heterocycles. The van der Waals surface area contributed by atoms with E-state index in [2.05, 4.69) is 15.0 Å². The molecule has 2 N–H and O–H groups in total. The molecule has 1 saturated carbocycles. The lowest BCUT2D eigenvalue weighted by Crippen LogP contribution is -2.34. The first kappa shape index (κ1) is 25.4. The number of para-hydroxylation sites is 1. The van der Waals surface area contributed by atoms with Gasteiger partial charge in [0.15, 0.2) is 0 Å². The number of benzene rings is 2. The molecule has 2 aromatic rings. The zero-order valence-corrected chi connectivity index (χ0v) is 21.3. The minimum absolute atomic E-state index is 0.0289. The second kappa shape index (κ2) is 11.8. The minimum atomic E-state index is -3.86. The summed E-state index contributed by atoms with van der Waals surface area (Å²) in [4.78, 5) is 19.4. The lowest BCUT2D eigenvalue weighted by atomic mass is 9.90. The summed E-state index contributed by atoms with van der Waals surface area (Å²) in [6, 6.07) is 12.1. The highest BCUT2D eigenvalue weighted by molar-refractivity contribution is 7.92. The Morgan fingerprint density at radius 3 is 2.46 bits per heavy atom. The van der Waals surface area contributed by atoms with Gasteiger partial charge in [0.2, 0.25) is 0 Å². The summed E-state index contributed by atoms with van der Waals surface area (Å²) in [5, 5.41) is 3.29. The molecule has 1 aliphatic carbocycles. The van der Waals surface area contributed by atoms with Crippen LogP contribution in [0.15, 0.2) is 52.4 Å². The first-order valence-electron chi connectivity index (χ1n) is 12.7. The lowest BCUT2D eigenvalue weighted by molar-refractivity contribution is 0.0766. The van der Waals surface area contributed by atoms with Crippen molar-refractivity contribution in [3.8, 4) is 0 Å². The first-order valence-corrected chi connectivity index (χ1v) is 14.2. The Balaban J connectivity index is 1.55. The Morgan fingerprint density at radius 1 is 1.00 bits per heavy atom. The van der Waals surface area contributed by atoms with Crippen LogP contribution in [0.1, 0.15) is 73.7 Å². The molecule has 0 bridgehead atoms. The van der Waals surface area contributed by atoms with Crippen molar-refractivity contribution in [2.75, 3.05) is 30.9 Å². The van der Waals surface area contributed by atoms with Gasteiger partial charge < -0.3 is 10.2 Å². The molecule has 1 amide bonds. The number of sulfonamides is 1. The topological polar surface area (TPSA) is 90.9 Å². The molecule has 7 nitrogen and oxygen atoms in total. The van der Waals surface area contributed by atoms with Gasteiger partial charge in [-0.25, -0.2) is 8.42 Å². The fraction of sp³-hybridized carbons (Fsp3) is 0.481. The zero-order valence-electron chi connectivity index (χ0n) is 20.5. The maximum Gasteiger partial charge on any atom is 0.264 e. The van der Waals surface area contributed by atoms with Crippen LogP contribution in [0.4, 0.5) is 11.4 Å². The summed E-state index contributed by atoms with van der Waals surface area (Å²) < 4.78 is 29.6. The Bertz CT molecular complexity index is 1130. The molecular formula is C27H36N4O3S. The van der Waals surface area contributed by atoms with Crippen molar-refractivity contribution in [2.24, 2.45) is 4.99 Å². The normalized spacial score (nSPS) is 18.3. The first-order chi connectivity index (χ1) is 17.0.